The lowest BCUT2D eigenvalue weighted by Crippen LogP contribution is -2.39. The van der Waals surface area contributed by atoms with Crippen molar-refractivity contribution in [2.45, 2.75) is 45.2 Å². The van der Waals surface area contributed by atoms with Gasteiger partial charge in [0.1, 0.15) is 12.2 Å². The van der Waals surface area contributed by atoms with E-state index in [0.717, 1.165) is 25.7 Å². The number of nitrogens with zero attached hydrogens (tertiary/aromatic N) is 3. The molecular formula is C14H19N3O4. The number of hydrogen-bond donors (Lipinski definition) is 1. The zero-order valence-electron chi connectivity index (χ0n) is 12.0. The number of unbranched alkanes of at least 4 members (excludes halogenated alkanes) is 1. The molecule has 1 fully saturated rings. The number of carbonyl (C=O) groups is 2. The Bertz CT molecular complexity index is 592. The van der Waals surface area contributed by atoms with Crippen molar-refractivity contribution >= 4 is 11.9 Å². The van der Waals surface area contributed by atoms with Crippen LogP contribution in [0.3, 0.4) is 0 Å². The Labute approximate surface area is 122 Å². The molecule has 1 aromatic heterocycles. The second-order valence-electron chi connectivity index (χ2n) is 5.19. The molecule has 21 heavy (non-hydrogen) atoms. The van der Waals surface area contributed by atoms with Crippen LogP contribution in [0.15, 0.2) is 16.9 Å². The summed E-state index contributed by atoms with van der Waals surface area (Å²) in [5.41, 5.74) is -0.130. The van der Waals surface area contributed by atoms with Gasteiger partial charge in [0, 0.05) is 18.7 Å². The van der Waals surface area contributed by atoms with Crippen LogP contribution in [0.5, 0.6) is 0 Å². The first-order valence-corrected chi connectivity index (χ1v) is 7.14. The Morgan fingerprint density at radius 2 is 2.14 bits per heavy atom. The van der Waals surface area contributed by atoms with Crippen molar-refractivity contribution < 1.29 is 14.7 Å². The van der Waals surface area contributed by atoms with Crippen LogP contribution in [0.2, 0.25) is 0 Å². The predicted octanol–water partition coefficient (Wildman–Crippen LogP) is 0.733. The van der Waals surface area contributed by atoms with E-state index in [4.69, 9.17) is 5.11 Å². The molecule has 1 N–H and O–H groups in total. The van der Waals surface area contributed by atoms with Crippen molar-refractivity contribution in [1.29, 1.82) is 0 Å². The summed E-state index contributed by atoms with van der Waals surface area (Å²) >= 11 is 0. The smallest absolute Gasteiger partial charge is 0.323 e. The predicted molar refractivity (Wildman–Crippen MR) is 75.1 cm³/mol. The zero-order valence-corrected chi connectivity index (χ0v) is 12.0. The molecule has 2 rings (SSSR count). The zero-order chi connectivity index (χ0) is 15.4. The van der Waals surface area contributed by atoms with E-state index in [1.807, 2.05) is 6.92 Å². The van der Waals surface area contributed by atoms with Gasteiger partial charge >= 0.3 is 5.97 Å². The first kappa shape index (κ1) is 15.2. The molecule has 1 aromatic rings. The minimum absolute atomic E-state index is 0.0218. The quantitative estimate of drug-likeness (QED) is 0.800. The molecule has 1 heterocycles. The maximum Gasteiger partial charge on any atom is 0.323 e. The maximum atomic E-state index is 12.4. The van der Waals surface area contributed by atoms with E-state index >= 15 is 0 Å². The van der Waals surface area contributed by atoms with Gasteiger partial charge in [-0.1, -0.05) is 13.3 Å². The fraction of sp³-hybridized carbons (Fsp3) is 0.571. The Kier molecular flexibility index (Phi) is 4.72. The van der Waals surface area contributed by atoms with Crippen molar-refractivity contribution in [3.8, 4) is 0 Å². The van der Waals surface area contributed by atoms with Gasteiger partial charge in [-0.25, -0.2) is 4.68 Å². The summed E-state index contributed by atoms with van der Waals surface area (Å²) in [4.78, 5) is 36.2. The van der Waals surface area contributed by atoms with Gasteiger partial charge in [-0.3, -0.25) is 14.4 Å². The highest BCUT2D eigenvalue weighted by Crippen LogP contribution is 2.27. The molecule has 0 bridgehead atoms. The minimum Gasteiger partial charge on any atom is -0.480 e. The highest BCUT2D eigenvalue weighted by atomic mass is 16.4. The van der Waals surface area contributed by atoms with Crippen molar-refractivity contribution in [2.24, 2.45) is 0 Å². The molecule has 0 atom stereocenters. The second-order valence-corrected chi connectivity index (χ2v) is 5.19. The Morgan fingerprint density at radius 3 is 2.71 bits per heavy atom. The van der Waals surface area contributed by atoms with Crippen molar-refractivity contribution in [3.63, 3.8) is 0 Å². The number of aromatic nitrogens is 2. The number of rotatable bonds is 7. The number of aryl methyl sites for hydroxylation is 1. The fourth-order valence-corrected chi connectivity index (χ4v) is 2.08. The summed E-state index contributed by atoms with van der Waals surface area (Å²) < 4.78 is 1.27. The molecule has 0 aliphatic heterocycles. The molecule has 1 aliphatic carbocycles. The van der Waals surface area contributed by atoms with Gasteiger partial charge in [-0.2, -0.15) is 5.10 Å². The van der Waals surface area contributed by atoms with Crippen LogP contribution in [0.1, 0.15) is 43.1 Å². The monoisotopic (exact) mass is 293 g/mol. The Hall–Kier alpha value is -2.18. The summed E-state index contributed by atoms with van der Waals surface area (Å²) in [6, 6.07) is 2.65. The Morgan fingerprint density at radius 1 is 1.43 bits per heavy atom. The van der Waals surface area contributed by atoms with Gasteiger partial charge in [0.2, 0.25) is 0 Å². The molecule has 7 heteroatoms. The molecule has 0 radical (unpaired) electrons. The summed E-state index contributed by atoms with van der Waals surface area (Å²) in [7, 11) is 0. The summed E-state index contributed by atoms with van der Waals surface area (Å²) in [6.45, 7) is 2.12. The van der Waals surface area contributed by atoms with E-state index in [0.29, 0.717) is 6.54 Å². The average Bonchev–Trinajstić information content (AvgIpc) is 3.27. The van der Waals surface area contributed by atoms with E-state index in [9.17, 15) is 14.4 Å². The summed E-state index contributed by atoms with van der Waals surface area (Å²) in [5.74, 6) is -1.47. The molecule has 1 aliphatic rings. The number of aliphatic carboxylic acids is 1. The van der Waals surface area contributed by atoms with Gasteiger partial charge in [0.15, 0.2) is 0 Å². The van der Waals surface area contributed by atoms with Crippen molar-refractivity contribution in [1.82, 2.24) is 14.7 Å². The van der Waals surface area contributed by atoms with Crippen molar-refractivity contribution in [3.05, 3.63) is 28.2 Å². The van der Waals surface area contributed by atoms with Gasteiger partial charge in [-0.05, 0) is 25.3 Å². The van der Waals surface area contributed by atoms with Gasteiger partial charge in [-0.15, -0.1) is 0 Å². The maximum absolute atomic E-state index is 12.4. The third-order valence-electron chi connectivity index (χ3n) is 3.36. The average molecular weight is 293 g/mol. The molecule has 0 aromatic carbocycles. The molecule has 114 valence electrons. The van der Waals surface area contributed by atoms with Gasteiger partial charge in [0.25, 0.3) is 11.5 Å². The third kappa shape index (κ3) is 3.90. The fourth-order valence-electron chi connectivity index (χ4n) is 2.08. The highest BCUT2D eigenvalue weighted by molar-refractivity contribution is 5.94. The van der Waals surface area contributed by atoms with Crippen molar-refractivity contribution in [2.75, 3.05) is 6.54 Å². The number of carbonyl (C=O) groups excluding carboxylic acids is 1. The van der Waals surface area contributed by atoms with E-state index < -0.39 is 11.9 Å². The number of carboxylic acid groups (broad SMARTS) is 1. The van der Waals surface area contributed by atoms with E-state index in [1.165, 1.54) is 21.7 Å². The van der Waals surface area contributed by atoms with Crippen LogP contribution in [0, 0.1) is 0 Å². The lowest BCUT2D eigenvalue weighted by molar-refractivity contribution is -0.137. The van der Waals surface area contributed by atoms with Crippen LogP contribution in [-0.4, -0.2) is 44.3 Å². The second kappa shape index (κ2) is 6.51. The normalized spacial score (nSPS) is 14.0. The summed E-state index contributed by atoms with van der Waals surface area (Å²) in [6.07, 6.45) is 3.34. The highest BCUT2D eigenvalue weighted by Gasteiger charge is 2.35. The van der Waals surface area contributed by atoms with E-state index in [1.54, 1.807) is 0 Å². The first-order valence-electron chi connectivity index (χ1n) is 7.14. The topological polar surface area (TPSA) is 92.5 Å². The lowest BCUT2D eigenvalue weighted by atomic mass is 10.3. The van der Waals surface area contributed by atoms with E-state index in [2.05, 4.69) is 5.10 Å². The van der Waals surface area contributed by atoms with Crippen LogP contribution in [-0.2, 0) is 11.3 Å². The molecule has 0 spiro atoms. The standard InChI is InChI=1S/C14H19N3O4/c1-2-3-8-17-12(18)7-6-11(15-17)14(21)16(9-13(19)20)10-4-5-10/h6-7,10H,2-5,8-9H2,1H3,(H,19,20). The lowest BCUT2D eigenvalue weighted by Gasteiger charge is -2.19. The number of amides is 1. The molecular weight excluding hydrogens is 274 g/mol. The SMILES string of the molecule is CCCCn1nc(C(=O)N(CC(=O)O)C2CC2)ccc1=O. The largest absolute Gasteiger partial charge is 0.480 e. The number of hydrogen-bond acceptors (Lipinski definition) is 4. The van der Waals surface area contributed by atoms with Crippen LogP contribution < -0.4 is 5.56 Å². The number of carboxylic acids is 1. The molecule has 7 nitrogen and oxygen atoms in total. The first-order chi connectivity index (χ1) is 10.0. The van der Waals surface area contributed by atoms with Crippen LogP contribution in [0.4, 0.5) is 0 Å². The summed E-state index contributed by atoms with van der Waals surface area (Å²) in [5, 5.41) is 13.0. The molecule has 0 saturated heterocycles. The van der Waals surface area contributed by atoms with Crippen LogP contribution in [0.25, 0.3) is 0 Å². The Balaban J connectivity index is 2.20. The van der Waals surface area contributed by atoms with Gasteiger partial charge in [0.05, 0.1) is 0 Å². The van der Waals surface area contributed by atoms with E-state index in [-0.39, 0.29) is 23.8 Å². The van der Waals surface area contributed by atoms with Gasteiger partial charge < -0.3 is 10.0 Å². The molecule has 1 amide bonds. The molecule has 1 saturated carbocycles. The van der Waals surface area contributed by atoms with Crippen LogP contribution >= 0.6 is 0 Å². The molecule has 0 unspecified atom stereocenters. The third-order valence-corrected chi connectivity index (χ3v) is 3.36. The minimum atomic E-state index is -1.05.